The molecule has 0 aromatic rings. The maximum atomic E-state index is 12.9. The Balaban J connectivity index is 1.95. The highest BCUT2D eigenvalue weighted by atomic mass is 19.4. The highest BCUT2D eigenvalue weighted by Gasteiger charge is 2.43. The molecular weight excluding hydrogens is 277 g/mol. The third-order valence-electron chi connectivity index (χ3n) is 5.35. The van der Waals surface area contributed by atoms with E-state index in [9.17, 15) is 13.2 Å². The Morgan fingerprint density at radius 1 is 1.24 bits per heavy atom. The van der Waals surface area contributed by atoms with E-state index in [-0.39, 0.29) is 6.54 Å². The molecule has 5 heteroatoms. The summed E-state index contributed by atoms with van der Waals surface area (Å²) in [7, 11) is 1.98. The van der Waals surface area contributed by atoms with Gasteiger partial charge in [-0.2, -0.15) is 13.2 Å². The second-order valence-electron chi connectivity index (χ2n) is 7.70. The minimum Gasteiger partial charge on any atom is -0.317 e. The van der Waals surface area contributed by atoms with Gasteiger partial charge < -0.3 is 10.2 Å². The van der Waals surface area contributed by atoms with E-state index in [0.717, 1.165) is 25.9 Å². The van der Waals surface area contributed by atoms with Crippen LogP contribution in [0.4, 0.5) is 13.2 Å². The van der Waals surface area contributed by atoms with Gasteiger partial charge in [0.2, 0.25) is 0 Å². The maximum Gasteiger partial charge on any atom is 0.393 e. The van der Waals surface area contributed by atoms with Gasteiger partial charge in [0, 0.05) is 19.1 Å². The topological polar surface area (TPSA) is 15.3 Å². The van der Waals surface area contributed by atoms with Gasteiger partial charge in [-0.3, -0.25) is 0 Å². The van der Waals surface area contributed by atoms with Crippen LogP contribution in [0.25, 0.3) is 0 Å². The number of halogens is 3. The lowest BCUT2D eigenvalue weighted by molar-refractivity contribution is -0.187. The van der Waals surface area contributed by atoms with Crippen molar-refractivity contribution in [1.29, 1.82) is 0 Å². The van der Waals surface area contributed by atoms with Gasteiger partial charge in [-0.25, -0.2) is 0 Å². The molecule has 3 atom stereocenters. The Bertz CT molecular complexity index is 341. The van der Waals surface area contributed by atoms with Gasteiger partial charge in [0.1, 0.15) is 0 Å². The van der Waals surface area contributed by atoms with Gasteiger partial charge in [-0.15, -0.1) is 0 Å². The highest BCUT2D eigenvalue weighted by molar-refractivity contribution is 4.91. The zero-order valence-corrected chi connectivity index (χ0v) is 13.5. The molecule has 124 valence electrons. The second-order valence-corrected chi connectivity index (χ2v) is 7.70. The summed E-state index contributed by atoms with van der Waals surface area (Å²) in [5.41, 5.74) is 0.317. The number of alkyl halides is 3. The summed E-state index contributed by atoms with van der Waals surface area (Å²) in [5.74, 6) is -0.665. The number of nitrogens with zero attached hydrogens (tertiary/aromatic N) is 1. The third kappa shape index (κ3) is 4.59. The van der Waals surface area contributed by atoms with E-state index in [1.807, 2.05) is 7.05 Å². The molecule has 1 aliphatic heterocycles. The normalized spacial score (nSPS) is 34.9. The molecule has 2 nitrogen and oxygen atoms in total. The van der Waals surface area contributed by atoms with Crippen molar-refractivity contribution < 1.29 is 13.2 Å². The van der Waals surface area contributed by atoms with Crippen LogP contribution in [0.2, 0.25) is 0 Å². The Hall–Kier alpha value is -0.290. The van der Waals surface area contributed by atoms with Crippen LogP contribution in [0.1, 0.15) is 46.0 Å². The van der Waals surface area contributed by atoms with Gasteiger partial charge in [-0.1, -0.05) is 13.8 Å². The van der Waals surface area contributed by atoms with E-state index in [0.29, 0.717) is 30.2 Å². The Morgan fingerprint density at radius 3 is 2.57 bits per heavy atom. The number of hydrogen-bond donors (Lipinski definition) is 1. The molecule has 0 radical (unpaired) electrons. The predicted octanol–water partition coefficient (Wildman–Crippen LogP) is 3.68. The molecule has 0 amide bonds. The van der Waals surface area contributed by atoms with Crippen molar-refractivity contribution in [3.8, 4) is 0 Å². The quantitative estimate of drug-likeness (QED) is 0.856. The smallest absolute Gasteiger partial charge is 0.317 e. The van der Waals surface area contributed by atoms with Crippen molar-refractivity contribution in [2.24, 2.45) is 17.3 Å². The molecule has 1 heterocycles. The van der Waals surface area contributed by atoms with Crippen LogP contribution in [0.15, 0.2) is 0 Å². The molecular formula is C16H29F3N2. The van der Waals surface area contributed by atoms with E-state index in [1.165, 1.54) is 6.42 Å². The van der Waals surface area contributed by atoms with Crippen LogP contribution in [-0.4, -0.2) is 43.8 Å². The molecule has 0 spiro atoms. The summed E-state index contributed by atoms with van der Waals surface area (Å²) >= 11 is 0. The molecule has 2 fully saturated rings. The van der Waals surface area contributed by atoms with Crippen LogP contribution in [-0.2, 0) is 0 Å². The van der Waals surface area contributed by atoms with E-state index in [4.69, 9.17) is 0 Å². The molecule has 1 saturated carbocycles. The lowest BCUT2D eigenvalue weighted by Crippen LogP contribution is -2.49. The van der Waals surface area contributed by atoms with Crippen molar-refractivity contribution in [1.82, 2.24) is 10.2 Å². The first-order chi connectivity index (χ1) is 9.71. The Labute approximate surface area is 126 Å². The van der Waals surface area contributed by atoms with Crippen LogP contribution in [0.5, 0.6) is 0 Å². The van der Waals surface area contributed by atoms with E-state index < -0.39 is 12.1 Å². The molecule has 0 aromatic carbocycles. The summed E-state index contributed by atoms with van der Waals surface area (Å²) in [5, 5.41) is 3.37. The fraction of sp³-hybridized carbons (Fsp3) is 1.00. The van der Waals surface area contributed by atoms with Crippen molar-refractivity contribution >= 4 is 0 Å². The van der Waals surface area contributed by atoms with Crippen LogP contribution in [0.3, 0.4) is 0 Å². The molecule has 0 bridgehead atoms. The second kappa shape index (κ2) is 6.45. The van der Waals surface area contributed by atoms with Gasteiger partial charge in [0.25, 0.3) is 0 Å². The first kappa shape index (κ1) is 17.1. The first-order valence-corrected chi connectivity index (χ1v) is 8.17. The summed E-state index contributed by atoms with van der Waals surface area (Å²) < 4.78 is 38.8. The number of piperidine rings is 1. The molecule has 21 heavy (non-hydrogen) atoms. The average molecular weight is 306 g/mol. The molecule has 0 aromatic heterocycles. The number of hydrogen-bond acceptors (Lipinski definition) is 2. The van der Waals surface area contributed by atoms with Crippen molar-refractivity contribution in [3.05, 3.63) is 0 Å². The minimum atomic E-state index is -4.03. The van der Waals surface area contributed by atoms with Gasteiger partial charge >= 0.3 is 6.18 Å². The standard InChI is InChI=1S/C16H29F3N2/c1-15(2)7-6-14(20-3)12(9-15)10-21-8-4-5-13(11-21)16(17,18)19/h12-14,20H,4-11H2,1-3H3. The van der Waals surface area contributed by atoms with Crippen LogP contribution < -0.4 is 5.32 Å². The Morgan fingerprint density at radius 2 is 1.95 bits per heavy atom. The number of rotatable bonds is 3. The number of nitrogens with one attached hydrogen (secondary N) is 1. The zero-order valence-electron chi connectivity index (χ0n) is 13.5. The molecule has 2 aliphatic rings. The fourth-order valence-corrected chi connectivity index (χ4v) is 4.13. The van der Waals surface area contributed by atoms with Crippen molar-refractivity contribution in [3.63, 3.8) is 0 Å². The van der Waals surface area contributed by atoms with Gasteiger partial charge in [0.15, 0.2) is 0 Å². The lowest BCUT2D eigenvalue weighted by atomic mass is 9.69. The summed E-state index contributed by atoms with van der Waals surface area (Å²) in [6.07, 6.45) is 0.361. The molecule has 2 rings (SSSR count). The van der Waals surface area contributed by atoms with Crippen LogP contribution in [0, 0.1) is 17.3 Å². The summed E-state index contributed by atoms with van der Waals surface area (Å²) in [6, 6.07) is 0.448. The van der Waals surface area contributed by atoms with Crippen molar-refractivity contribution in [2.75, 3.05) is 26.7 Å². The summed E-state index contributed by atoms with van der Waals surface area (Å²) in [6.45, 7) is 6.37. The first-order valence-electron chi connectivity index (χ1n) is 8.17. The molecule has 1 aliphatic carbocycles. The van der Waals surface area contributed by atoms with E-state index in [1.54, 1.807) is 0 Å². The van der Waals surface area contributed by atoms with Crippen molar-refractivity contribution in [2.45, 2.75) is 58.2 Å². The monoisotopic (exact) mass is 306 g/mol. The average Bonchev–Trinajstić information content (AvgIpc) is 2.37. The third-order valence-corrected chi connectivity index (χ3v) is 5.35. The number of likely N-dealkylation sites (tertiary alicyclic amines) is 1. The largest absolute Gasteiger partial charge is 0.393 e. The lowest BCUT2D eigenvalue weighted by Gasteiger charge is -2.44. The highest BCUT2D eigenvalue weighted by Crippen LogP contribution is 2.40. The fourth-order valence-electron chi connectivity index (χ4n) is 4.13. The van der Waals surface area contributed by atoms with Gasteiger partial charge in [-0.05, 0) is 57.0 Å². The SMILES string of the molecule is CNC1CCC(C)(C)CC1CN1CCCC(C(F)(F)F)C1. The molecule has 3 unspecified atom stereocenters. The van der Waals surface area contributed by atoms with Crippen LogP contribution >= 0.6 is 0 Å². The predicted molar refractivity (Wildman–Crippen MR) is 79.2 cm³/mol. The zero-order chi connectivity index (χ0) is 15.7. The van der Waals surface area contributed by atoms with E-state index in [2.05, 4.69) is 24.1 Å². The minimum absolute atomic E-state index is 0.191. The molecule has 1 N–H and O–H groups in total. The van der Waals surface area contributed by atoms with Gasteiger partial charge in [0.05, 0.1) is 5.92 Å². The summed E-state index contributed by atoms with van der Waals surface area (Å²) in [4.78, 5) is 2.05. The molecule has 1 saturated heterocycles. The van der Waals surface area contributed by atoms with E-state index >= 15 is 0 Å². The maximum absolute atomic E-state index is 12.9. The Kier molecular flexibility index (Phi) is 5.24.